The lowest BCUT2D eigenvalue weighted by Crippen LogP contribution is -2.74. The molecule has 2 aliphatic heterocycles. The molecule has 6 heteroatoms. The average Bonchev–Trinajstić information content (AvgIpc) is 3.06. The zero-order valence-electron chi connectivity index (χ0n) is 15.8. The monoisotopic (exact) mass is 314 g/mol. The van der Waals surface area contributed by atoms with Gasteiger partial charge in [-0.05, 0) is 46.0 Å². The second kappa shape index (κ2) is 6.21. The number of rotatable bonds is 5. The molecule has 1 fully saturated rings. The van der Waals surface area contributed by atoms with Gasteiger partial charge in [-0.15, -0.1) is 0 Å². The van der Waals surface area contributed by atoms with E-state index in [4.69, 9.17) is 0 Å². The van der Waals surface area contributed by atoms with E-state index in [2.05, 4.69) is 78.7 Å². The Hall–Kier alpha value is -0.870. The molecule has 3 rings (SSSR count). The molecule has 1 aromatic heterocycles. The zero-order chi connectivity index (χ0) is 16.8. The van der Waals surface area contributed by atoms with Gasteiger partial charge in [0.1, 0.15) is 0 Å². The van der Waals surface area contributed by atoms with Gasteiger partial charge in [-0.25, -0.2) is 0 Å². The number of likely N-dealkylation sites (N-methyl/N-ethyl adjacent to an activating group) is 1. The van der Waals surface area contributed by atoms with Crippen LogP contribution >= 0.6 is 0 Å². The van der Waals surface area contributed by atoms with Crippen LogP contribution in [0.1, 0.15) is 46.5 Å². The molecule has 0 N–H and O–H groups in total. The molecular formula is C17H32B2N4. The Kier molecular flexibility index (Phi) is 4.58. The van der Waals surface area contributed by atoms with Crippen molar-refractivity contribution in [3.63, 3.8) is 0 Å². The van der Waals surface area contributed by atoms with Crippen LogP contribution in [-0.2, 0) is 5.54 Å². The van der Waals surface area contributed by atoms with Crippen LogP contribution in [0.2, 0.25) is 13.6 Å². The first-order valence-corrected chi connectivity index (χ1v) is 9.35. The minimum absolute atomic E-state index is 0.102. The zero-order valence-corrected chi connectivity index (χ0v) is 15.8. The van der Waals surface area contributed by atoms with E-state index in [1.165, 1.54) is 38.0 Å². The summed E-state index contributed by atoms with van der Waals surface area (Å²) in [6, 6.07) is 4.46. The molecule has 0 saturated carbocycles. The molecule has 0 aromatic carbocycles. The van der Waals surface area contributed by atoms with E-state index in [0.717, 1.165) is 0 Å². The summed E-state index contributed by atoms with van der Waals surface area (Å²) in [5.41, 5.74) is 0.102. The molecule has 0 aliphatic carbocycles. The van der Waals surface area contributed by atoms with Crippen molar-refractivity contribution in [2.24, 2.45) is 0 Å². The van der Waals surface area contributed by atoms with Crippen LogP contribution in [-0.4, -0.2) is 47.8 Å². The third kappa shape index (κ3) is 2.54. The molecular weight excluding hydrogens is 282 g/mol. The summed E-state index contributed by atoms with van der Waals surface area (Å²) in [5, 5.41) is 0. The molecule has 1 unspecified atom stereocenters. The Morgan fingerprint density at radius 1 is 1.13 bits per heavy atom. The Labute approximate surface area is 143 Å². The smallest absolute Gasteiger partial charge is 0.331 e. The number of anilines is 1. The summed E-state index contributed by atoms with van der Waals surface area (Å²) in [6.07, 6.45) is 7.98. The van der Waals surface area contributed by atoms with Crippen molar-refractivity contribution in [1.82, 2.24) is 14.1 Å². The van der Waals surface area contributed by atoms with Crippen molar-refractivity contribution >= 4 is 19.8 Å². The molecule has 1 atom stereocenters. The highest BCUT2D eigenvalue weighted by atomic mass is 15.5. The topological polar surface area (TPSA) is 14.7 Å². The van der Waals surface area contributed by atoms with Crippen molar-refractivity contribution in [3.8, 4) is 0 Å². The Bertz CT molecular complexity index is 544. The molecule has 23 heavy (non-hydrogen) atoms. The average molecular weight is 314 g/mol. The Morgan fingerprint density at radius 2 is 1.87 bits per heavy atom. The van der Waals surface area contributed by atoms with E-state index >= 15 is 0 Å². The number of hydrogen-bond acceptors (Lipinski definition) is 3. The van der Waals surface area contributed by atoms with Gasteiger partial charge >= 0.3 is 6.98 Å². The molecule has 1 saturated heterocycles. The Morgan fingerprint density at radius 3 is 2.57 bits per heavy atom. The van der Waals surface area contributed by atoms with Gasteiger partial charge in [-0.1, -0.05) is 39.8 Å². The lowest BCUT2D eigenvalue weighted by atomic mass is 9.56. The van der Waals surface area contributed by atoms with Crippen LogP contribution in [0, 0.1) is 0 Å². The van der Waals surface area contributed by atoms with E-state index in [1.807, 2.05) is 0 Å². The fraction of sp³-hybridized carbons (Fsp3) is 0.765. The standard InChI is InChI=1S/C17H32B2N4/c1-7-8-9-10-14-22-18(4)20(6)16-17(2,3)21-13-11-12-15(21)23(16)19(22)5/h11-13,16H,7-10,14H2,1-6H3. The second-order valence-electron chi connectivity index (χ2n) is 7.90. The van der Waals surface area contributed by atoms with Gasteiger partial charge in [0, 0.05) is 6.20 Å². The molecule has 1 aromatic rings. The molecule has 4 nitrogen and oxygen atoms in total. The van der Waals surface area contributed by atoms with Crippen LogP contribution in [0.25, 0.3) is 0 Å². The van der Waals surface area contributed by atoms with Crippen LogP contribution < -0.4 is 4.81 Å². The maximum Gasteiger partial charge on any atom is 0.331 e. The van der Waals surface area contributed by atoms with E-state index in [9.17, 15) is 0 Å². The van der Waals surface area contributed by atoms with Crippen molar-refractivity contribution in [2.75, 3.05) is 18.4 Å². The van der Waals surface area contributed by atoms with Crippen molar-refractivity contribution in [2.45, 2.75) is 71.8 Å². The summed E-state index contributed by atoms with van der Waals surface area (Å²) in [6.45, 7) is 13.9. The molecule has 0 radical (unpaired) electrons. The fourth-order valence-corrected chi connectivity index (χ4v) is 4.76. The van der Waals surface area contributed by atoms with Gasteiger partial charge < -0.3 is 18.9 Å². The van der Waals surface area contributed by atoms with Crippen LogP contribution in [0.3, 0.4) is 0 Å². The summed E-state index contributed by atoms with van der Waals surface area (Å²) < 4.78 is 5.13. The largest absolute Gasteiger partial charge is 0.371 e. The highest BCUT2D eigenvalue weighted by molar-refractivity contribution is 6.73. The first-order valence-electron chi connectivity index (χ1n) is 9.35. The third-order valence-electron chi connectivity index (χ3n) is 6.12. The van der Waals surface area contributed by atoms with Gasteiger partial charge in [-0.3, -0.25) is 0 Å². The number of fused-ring (bicyclic) bond motifs is 3. The van der Waals surface area contributed by atoms with Crippen molar-refractivity contribution < 1.29 is 0 Å². The van der Waals surface area contributed by atoms with E-state index in [1.54, 1.807) is 0 Å². The first kappa shape index (κ1) is 17.0. The SMILES string of the molecule is CCCCCCN1B(C)N(C)C2N(B1C)c1cccn1C2(C)C. The van der Waals surface area contributed by atoms with Crippen molar-refractivity contribution in [3.05, 3.63) is 18.3 Å². The molecule has 0 amide bonds. The number of nitrogens with zero attached hydrogens (tertiary/aromatic N) is 4. The Balaban J connectivity index is 1.84. The predicted octanol–water partition coefficient (Wildman–Crippen LogP) is 3.43. The second-order valence-corrected chi connectivity index (χ2v) is 7.90. The van der Waals surface area contributed by atoms with Gasteiger partial charge in [0.05, 0.1) is 17.5 Å². The van der Waals surface area contributed by atoms with Gasteiger partial charge in [0.25, 0.3) is 6.98 Å². The summed E-state index contributed by atoms with van der Waals surface area (Å²) in [7, 11) is 2.29. The van der Waals surface area contributed by atoms with E-state index in [-0.39, 0.29) is 5.54 Å². The molecule has 0 bridgehead atoms. The van der Waals surface area contributed by atoms with Crippen molar-refractivity contribution in [1.29, 1.82) is 0 Å². The molecule has 0 spiro atoms. The number of aromatic nitrogens is 1. The fourth-order valence-electron chi connectivity index (χ4n) is 4.76. The van der Waals surface area contributed by atoms with Gasteiger partial charge in [-0.2, -0.15) is 0 Å². The van der Waals surface area contributed by atoms with Crippen LogP contribution in [0.5, 0.6) is 0 Å². The lowest BCUT2D eigenvalue weighted by molar-refractivity contribution is 0.203. The third-order valence-corrected chi connectivity index (χ3v) is 6.12. The van der Waals surface area contributed by atoms with E-state index in [0.29, 0.717) is 20.1 Å². The number of unbranched alkanes of at least 4 members (excludes halogenated alkanes) is 3. The summed E-state index contributed by atoms with van der Waals surface area (Å²) >= 11 is 0. The van der Waals surface area contributed by atoms with Crippen LogP contribution in [0.4, 0.5) is 5.82 Å². The summed E-state index contributed by atoms with van der Waals surface area (Å²) in [4.78, 5) is 5.19. The highest BCUT2D eigenvalue weighted by Gasteiger charge is 2.55. The number of hydrogen-bond donors (Lipinski definition) is 0. The van der Waals surface area contributed by atoms with Gasteiger partial charge in [0.15, 0.2) is 0 Å². The van der Waals surface area contributed by atoms with E-state index < -0.39 is 0 Å². The first-order chi connectivity index (χ1) is 10.9. The maximum atomic E-state index is 2.67. The minimum Gasteiger partial charge on any atom is -0.371 e. The van der Waals surface area contributed by atoms with Gasteiger partial charge in [0.2, 0.25) is 0 Å². The minimum atomic E-state index is 0.102. The summed E-state index contributed by atoms with van der Waals surface area (Å²) in [5.74, 6) is 1.37. The maximum absolute atomic E-state index is 2.67. The predicted molar refractivity (Wildman–Crippen MR) is 102 cm³/mol. The van der Waals surface area contributed by atoms with Crippen LogP contribution in [0.15, 0.2) is 18.3 Å². The molecule has 3 heterocycles. The normalized spacial score (nSPS) is 24.3. The quantitative estimate of drug-likeness (QED) is 0.611. The molecule has 2 aliphatic rings. The molecule has 126 valence electrons. The highest BCUT2D eigenvalue weighted by Crippen LogP contribution is 2.43. The lowest BCUT2D eigenvalue weighted by Gasteiger charge is -2.53.